The summed E-state index contributed by atoms with van der Waals surface area (Å²) in [6.07, 6.45) is 1.93. The molecule has 0 radical (unpaired) electrons. The Balaban J connectivity index is 3.12. The van der Waals surface area contributed by atoms with E-state index in [1.807, 2.05) is 13.8 Å². The van der Waals surface area contributed by atoms with E-state index in [2.05, 4.69) is 34.4 Å². The molecule has 0 spiro atoms. The predicted octanol–water partition coefficient (Wildman–Crippen LogP) is 3.36. The number of nitrogens with one attached hydrogen (secondary N) is 2. The molecule has 21 heavy (non-hydrogen) atoms. The largest absolute Gasteiger partial charge is 0.361 e. The molecule has 0 saturated heterocycles. The Labute approximate surface area is 125 Å². The maximum absolute atomic E-state index is 11.3. The van der Waals surface area contributed by atoms with Crippen LogP contribution in [0.5, 0.6) is 0 Å². The molecule has 1 aromatic heterocycles. The lowest BCUT2D eigenvalue weighted by Crippen LogP contribution is -2.25. The first kappa shape index (κ1) is 17.1. The average molecular weight is 295 g/mol. The summed E-state index contributed by atoms with van der Waals surface area (Å²) in [6, 6.07) is 0.0991. The second-order valence-electron chi connectivity index (χ2n) is 5.33. The van der Waals surface area contributed by atoms with Gasteiger partial charge in [-0.15, -0.1) is 0 Å². The summed E-state index contributed by atoms with van der Waals surface area (Å²) in [5.74, 6) is 1.12. The maximum Gasteiger partial charge on any atom is 0.332 e. The van der Waals surface area contributed by atoms with Crippen molar-refractivity contribution in [3.8, 4) is 0 Å². The molecular formula is C14H25N5O2. The van der Waals surface area contributed by atoms with Gasteiger partial charge >= 0.3 is 5.69 Å². The molecule has 0 aliphatic carbocycles. The molecule has 0 amide bonds. The molecule has 0 saturated carbocycles. The lowest BCUT2D eigenvalue weighted by atomic mass is 10.0. The van der Waals surface area contributed by atoms with Gasteiger partial charge in [0.1, 0.15) is 5.69 Å². The first-order valence-electron chi connectivity index (χ1n) is 7.44. The van der Waals surface area contributed by atoms with Crippen molar-refractivity contribution in [2.45, 2.75) is 53.5 Å². The van der Waals surface area contributed by atoms with Crippen molar-refractivity contribution in [3.05, 3.63) is 15.8 Å². The van der Waals surface area contributed by atoms with E-state index in [0.29, 0.717) is 23.4 Å². The van der Waals surface area contributed by atoms with Crippen molar-refractivity contribution >= 4 is 17.5 Å². The first-order chi connectivity index (χ1) is 9.90. The van der Waals surface area contributed by atoms with Crippen molar-refractivity contribution in [1.29, 1.82) is 0 Å². The summed E-state index contributed by atoms with van der Waals surface area (Å²) in [6.45, 7) is 10.6. The highest BCUT2D eigenvalue weighted by Gasteiger charge is 2.24. The second-order valence-corrected chi connectivity index (χ2v) is 5.33. The molecule has 0 aromatic carbocycles. The smallest absolute Gasteiger partial charge is 0.332 e. The zero-order chi connectivity index (χ0) is 16.0. The predicted molar refractivity (Wildman–Crippen MR) is 84.7 cm³/mol. The van der Waals surface area contributed by atoms with Gasteiger partial charge in [-0.25, -0.2) is 4.98 Å². The summed E-state index contributed by atoms with van der Waals surface area (Å²) in [7, 11) is 0. The van der Waals surface area contributed by atoms with Gasteiger partial charge in [0.05, 0.1) is 4.92 Å². The normalized spacial score (nSPS) is 13.6. The van der Waals surface area contributed by atoms with Gasteiger partial charge in [0.25, 0.3) is 0 Å². The molecule has 7 nitrogen and oxygen atoms in total. The van der Waals surface area contributed by atoms with E-state index in [9.17, 15) is 10.1 Å². The van der Waals surface area contributed by atoms with E-state index < -0.39 is 4.92 Å². The fraction of sp³-hybridized carbons (Fsp3) is 0.714. The Kier molecular flexibility index (Phi) is 6.33. The van der Waals surface area contributed by atoms with Crippen molar-refractivity contribution in [2.75, 3.05) is 17.2 Å². The Hall–Kier alpha value is -1.92. The van der Waals surface area contributed by atoms with Crippen LogP contribution in [0.25, 0.3) is 0 Å². The van der Waals surface area contributed by atoms with Crippen LogP contribution in [0.1, 0.15) is 46.2 Å². The number of nitrogens with zero attached hydrogens (tertiary/aromatic N) is 3. The van der Waals surface area contributed by atoms with Crippen LogP contribution < -0.4 is 10.6 Å². The van der Waals surface area contributed by atoms with E-state index in [1.54, 1.807) is 6.92 Å². The molecule has 1 rings (SSSR count). The van der Waals surface area contributed by atoms with Gasteiger partial charge in [-0.3, -0.25) is 10.1 Å². The Morgan fingerprint density at radius 3 is 2.48 bits per heavy atom. The number of nitro groups is 1. The number of hydrogen-bond donors (Lipinski definition) is 2. The number of rotatable bonds is 8. The van der Waals surface area contributed by atoms with E-state index in [-0.39, 0.29) is 11.7 Å². The SMILES string of the molecule is CCCNc1nc(C)c([N+](=O)[O-])c(NC(C)C(C)CC)n1. The fourth-order valence-corrected chi connectivity index (χ4v) is 1.91. The van der Waals surface area contributed by atoms with Gasteiger partial charge < -0.3 is 10.6 Å². The van der Waals surface area contributed by atoms with Crippen LogP contribution in [0.4, 0.5) is 17.5 Å². The topological polar surface area (TPSA) is 93.0 Å². The third kappa shape index (κ3) is 4.54. The molecule has 118 valence electrons. The third-order valence-corrected chi connectivity index (χ3v) is 3.64. The highest BCUT2D eigenvalue weighted by Crippen LogP contribution is 2.28. The lowest BCUT2D eigenvalue weighted by molar-refractivity contribution is -0.385. The Bertz CT molecular complexity index is 492. The van der Waals surface area contributed by atoms with Crippen LogP contribution in [-0.4, -0.2) is 27.5 Å². The van der Waals surface area contributed by atoms with Crippen molar-refractivity contribution in [3.63, 3.8) is 0 Å². The highest BCUT2D eigenvalue weighted by atomic mass is 16.6. The summed E-state index contributed by atoms with van der Waals surface area (Å²) < 4.78 is 0. The maximum atomic E-state index is 11.3. The highest BCUT2D eigenvalue weighted by molar-refractivity contribution is 5.61. The van der Waals surface area contributed by atoms with Crippen LogP contribution in [0.3, 0.4) is 0 Å². The molecule has 0 aliphatic heterocycles. The standard InChI is InChI=1S/C14H25N5O2/c1-6-8-15-14-17-11(5)12(19(20)21)13(18-14)16-10(4)9(3)7-2/h9-10H,6-8H2,1-5H3,(H2,15,16,17,18). The molecule has 2 atom stereocenters. The zero-order valence-electron chi connectivity index (χ0n) is 13.4. The lowest BCUT2D eigenvalue weighted by Gasteiger charge is -2.20. The van der Waals surface area contributed by atoms with Crippen molar-refractivity contribution < 1.29 is 4.92 Å². The van der Waals surface area contributed by atoms with Crippen LogP contribution >= 0.6 is 0 Å². The van der Waals surface area contributed by atoms with Gasteiger partial charge in [0, 0.05) is 12.6 Å². The third-order valence-electron chi connectivity index (χ3n) is 3.64. The van der Waals surface area contributed by atoms with Crippen LogP contribution in [0.15, 0.2) is 0 Å². The van der Waals surface area contributed by atoms with Crippen molar-refractivity contribution in [2.24, 2.45) is 5.92 Å². The van der Waals surface area contributed by atoms with Gasteiger partial charge in [-0.1, -0.05) is 27.2 Å². The van der Waals surface area contributed by atoms with E-state index in [4.69, 9.17) is 0 Å². The summed E-state index contributed by atoms with van der Waals surface area (Å²) >= 11 is 0. The summed E-state index contributed by atoms with van der Waals surface area (Å²) in [5.41, 5.74) is 0.319. The molecule has 1 heterocycles. The molecule has 2 unspecified atom stereocenters. The van der Waals surface area contributed by atoms with Crippen LogP contribution in [-0.2, 0) is 0 Å². The van der Waals surface area contributed by atoms with E-state index in [1.165, 1.54) is 0 Å². The zero-order valence-corrected chi connectivity index (χ0v) is 13.4. The average Bonchev–Trinajstić information content (AvgIpc) is 2.43. The minimum Gasteiger partial charge on any atom is -0.361 e. The Morgan fingerprint density at radius 1 is 1.29 bits per heavy atom. The van der Waals surface area contributed by atoms with E-state index in [0.717, 1.165) is 19.4 Å². The van der Waals surface area contributed by atoms with Gasteiger partial charge in [0.2, 0.25) is 11.8 Å². The van der Waals surface area contributed by atoms with Gasteiger partial charge in [0.15, 0.2) is 0 Å². The van der Waals surface area contributed by atoms with Crippen LogP contribution in [0, 0.1) is 23.0 Å². The minimum atomic E-state index is -0.426. The first-order valence-corrected chi connectivity index (χ1v) is 7.44. The Morgan fingerprint density at radius 2 is 1.95 bits per heavy atom. The molecule has 7 heteroatoms. The monoisotopic (exact) mass is 295 g/mol. The summed E-state index contributed by atoms with van der Waals surface area (Å²) in [4.78, 5) is 19.3. The molecule has 1 aromatic rings. The minimum absolute atomic E-state index is 0.0489. The fourth-order valence-electron chi connectivity index (χ4n) is 1.91. The van der Waals surface area contributed by atoms with Crippen LogP contribution in [0.2, 0.25) is 0 Å². The summed E-state index contributed by atoms with van der Waals surface area (Å²) in [5, 5.41) is 17.5. The van der Waals surface area contributed by atoms with Gasteiger partial charge in [-0.05, 0) is 26.2 Å². The van der Waals surface area contributed by atoms with Crippen molar-refractivity contribution in [1.82, 2.24) is 9.97 Å². The van der Waals surface area contributed by atoms with E-state index >= 15 is 0 Å². The number of aryl methyl sites for hydroxylation is 1. The quantitative estimate of drug-likeness (QED) is 0.564. The molecule has 0 fully saturated rings. The second kappa shape index (κ2) is 7.75. The number of aromatic nitrogens is 2. The number of hydrogen-bond acceptors (Lipinski definition) is 6. The molecule has 0 aliphatic rings. The molecular weight excluding hydrogens is 270 g/mol. The molecule has 0 bridgehead atoms. The molecule has 2 N–H and O–H groups in total. The van der Waals surface area contributed by atoms with Gasteiger partial charge in [-0.2, -0.15) is 4.98 Å². The number of anilines is 2.